The normalized spacial score (nSPS) is 10.3. The number of alkyl halides is 1. The van der Waals surface area contributed by atoms with Gasteiger partial charge in [-0.1, -0.05) is 24.3 Å². The molecule has 0 fully saturated rings. The summed E-state index contributed by atoms with van der Waals surface area (Å²) in [6, 6.07) is 12.1. The van der Waals surface area contributed by atoms with E-state index in [0.29, 0.717) is 5.88 Å². The molecule has 2 aromatic rings. The van der Waals surface area contributed by atoms with E-state index in [1.165, 1.54) is 0 Å². The van der Waals surface area contributed by atoms with Crippen LogP contribution in [-0.2, 0) is 5.88 Å². The summed E-state index contributed by atoms with van der Waals surface area (Å²) in [5.74, 6) is 2.12. The van der Waals surface area contributed by atoms with Gasteiger partial charge in [-0.2, -0.15) is 0 Å². The third kappa shape index (κ3) is 2.69. The molecule has 19 heavy (non-hydrogen) atoms. The average Bonchev–Trinajstić information content (AvgIpc) is 2.47. The Morgan fingerprint density at radius 1 is 1.00 bits per heavy atom. The van der Waals surface area contributed by atoms with Crippen molar-refractivity contribution in [1.82, 2.24) is 0 Å². The molecule has 2 rings (SSSR count). The minimum atomic E-state index is 0.481. The minimum absolute atomic E-state index is 0.481. The third-order valence-electron chi connectivity index (χ3n) is 3.22. The van der Waals surface area contributed by atoms with Crippen LogP contribution in [0.2, 0.25) is 0 Å². The molecule has 100 valence electrons. The number of methoxy groups -OCH3 is 2. The monoisotopic (exact) mass is 276 g/mol. The minimum Gasteiger partial charge on any atom is -0.496 e. The Morgan fingerprint density at radius 3 is 2.11 bits per heavy atom. The lowest BCUT2D eigenvalue weighted by atomic mass is 9.98. The SMILES string of the molecule is COc1cc(-c2ccccc2CCl)cc(OC)c1C. The van der Waals surface area contributed by atoms with Gasteiger partial charge in [0.15, 0.2) is 0 Å². The third-order valence-corrected chi connectivity index (χ3v) is 3.51. The maximum absolute atomic E-state index is 6.00. The fraction of sp³-hybridized carbons (Fsp3) is 0.250. The summed E-state index contributed by atoms with van der Waals surface area (Å²) in [5, 5.41) is 0. The average molecular weight is 277 g/mol. The highest BCUT2D eigenvalue weighted by Gasteiger charge is 2.11. The van der Waals surface area contributed by atoms with Gasteiger partial charge in [0, 0.05) is 11.4 Å². The van der Waals surface area contributed by atoms with Gasteiger partial charge in [0.1, 0.15) is 11.5 Å². The van der Waals surface area contributed by atoms with E-state index in [9.17, 15) is 0 Å². The lowest BCUT2D eigenvalue weighted by molar-refractivity contribution is 0.389. The summed E-state index contributed by atoms with van der Waals surface area (Å²) >= 11 is 6.00. The zero-order chi connectivity index (χ0) is 13.8. The van der Waals surface area contributed by atoms with Gasteiger partial charge in [0.25, 0.3) is 0 Å². The van der Waals surface area contributed by atoms with Crippen LogP contribution in [0, 0.1) is 6.92 Å². The lowest BCUT2D eigenvalue weighted by Crippen LogP contribution is -1.95. The molecule has 0 atom stereocenters. The zero-order valence-electron chi connectivity index (χ0n) is 11.4. The molecule has 0 unspecified atom stereocenters. The molecule has 2 nitrogen and oxygen atoms in total. The second-order valence-electron chi connectivity index (χ2n) is 4.30. The molecule has 0 amide bonds. The van der Waals surface area contributed by atoms with E-state index in [4.69, 9.17) is 21.1 Å². The maximum atomic E-state index is 6.00. The first kappa shape index (κ1) is 13.8. The van der Waals surface area contributed by atoms with Crippen molar-refractivity contribution in [1.29, 1.82) is 0 Å². The largest absolute Gasteiger partial charge is 0.496 e. The van der Waals surface area contributed by atoms with Crippen LogP contribution >= 0.6 is 11.6 Å². The van der Waals surface area contributed by atoms with Crippen molar-refractivity contribution in [3.8, 4) is 22.6 Å². The Labute approximate surface area is 118 Å². The highest BCUT2D eigenvalue weighted by atomic mass is 35.5. The Kier molecular flexibility index (Phi) is 4.33. The summed E-state index contributed by atoms with van der Waals surface area (Å²) in [7, 11) is 3.33. The molecule has 0 aliphatic rings. The van der Waals surface area contributed by atoms with Crippen molar-refractivity contribution in [2.24, 2.45) is 0 Å². The predicted octanol–water partition coefficient (Wildman–Crippen LogP) is 4.42. The molecule has 2 aromatic carbocycles. The van der Waals surface area contributed by atoms with E-state index >= 15 is 0 Å². The molecule has 0 spiro atoms. The first-order chi connectivity index (χ1) is 9.21. The van der Waals surface area contributed by atoms with Crippen LogP contribution in [0.15, 0.2) is 36.4 Å². The molecular formula is C16H17ClO2. The number of rotatable bonds is 4. The van der Waals surface area contributed by atoms with Gasteiger partial charge in [0.05, 0.1) is 14.2 Å². The zero-order valence-corrected chi connectivity index (χ0v) is 12.1. The van der Waals surface area contributed by atoms with E-state index in [2.05, 4.69) is 6.07 Å². The molecule has 0 saturated carbocycles. The van der Waals surface area contributed by atoms with Gasteiger partial charge in [-0.3, -0.25) is 0 Å². The van der Waals surface area contributed by atoms with Crippen LogP contribution in [0.1, 0.15) is 11.1 Å². The van der Waals surface area contributed by atoms with Crippen LogP contribution in [0.25, 0.3) is 11.1 Å². The smallest absolute Gasteiger partial charge is 0.126 e. The van der Waals surface area contributed by atoms with E-state index < -0.39 is 0 Å². The maximum Gasteiger partial charge on any atom is 0.126 e. The first-order valence-corrected chi connectivity index (χ1v) is 6.61. The Balaban J connectivity index is 2.62. The summed E-state index contributed by atoms with van der Waals surface area (Å²) < 4.78 is 10.8. The van der Waals surface area contributed by atoms with Crippen LogP contribution in [0.3, 0.4) is 0 Å². The second-order valence-corrected chi connectivity index (χ2v) is 4.56. The molecule has 0 aromatic heterocycles. The van der Waals surface area contributed by atoms with Gasteiger partial charge in [-0.15, -0.1) is 11.6 Å². The number of hydrogen-bond acceptors (Lipinski definition) is 2. The van der Waals surface area contributed by atoms with Crippen LogP contribution in [0.5, 0.6) is 11.5 Å². The lowest BCUT2D eigenvalue weighted by Gasteiger charge is -2.14. The summed E-state index contributed by atoms with van der Waals surface area (Å²) in [4.78, 5) is 0. The van der Waals surface area contributed by atoms with E-state index in [1.807, 2.05) is 37.3 Å². The van der Waals surface area contributed by atoms with Gasteiger partial charge in [-0.25, -0.2) is 0 Å². The van der Waals surface area contributed by atoms with Crippen molar-refractivity contribution in [3.63, 3.8) is 0 Å². The van der Waals surface area contributed by atoms with E-state index in [-0.39, 0.29) is 0 Å². The molecule has 0 bridgehead atoms. The molecule has 0 aliphatic carbocycles. The highest BCUT2D eigenvalue weighted by molar-refractivity contribution is 6.17. The molecule has 0 heterocycles. The summed E-state index contributed by atoms with van der Waals surface area (Å²) in [6.07, 6.45) is 0. The van der Waals surface area contributed by atoms with Crippen molar-refractivity contribution < 1.29 is 9.47 Å². The Morgan fingerprint density at radius 2 is 1.58 bits per heavy atom. The van der Waals surface area contributed by atoms with E-state index in [1.54, 1.807) is 14.2 Å². The Hall–Kier alpha value is -1.67. The van der Waals surface area contributed by atoms with Gasteiger partial charge < -0.3 is 9.47 Å². The standard InChI is InChI=1S/C16H17ClO2/c1-11-15(18-2)8-13(9-16(11)19-3)14-7-5-4-6-12(14)10-17/h4-9H,10H2,1-3H3. The first-order valence-electron chi connectivity index (χ1n) is 6.08. The molecule has 3 heteroatoms. The van der Waals surface area contributed by atoms with Gasteiger partial charge in [-0.05, 0) is 35.7 Å². The molecule has 0 radical (unpaired) electrons. The van der Waals surface area contributed by atoms with E-state index in [0.717, 1.165) is 33.8 Å². The highest BCUT2D eigenvalue weighted by Crippen LogP contribution is 2.35. The van der Waals surface area contributed by atoms with Crippen molar-refractivity contribution >= 4 is 11.6 Å². The molecule has 0 N–H and O–H groups in total. The van der Waals surface area contributed by atoms with Gasteiger partial charge in [0.2, 0.25) is 0 Å². The number of benzene rings is 2. The quantitative estimate of drug-likeness (QED) is 0.770. The fourth-order valence-electron chi connectivity index (χ4n) is 2.16. The second kappa shape index (κ2) is 5.98. The van der Waals surface area contributed by atoms with Crippen LogP contribution in [0.4, 0.5) is 0 Å². The Bertz CT molecular complexity index is 554. The molecule has 0 aliphatic heterocycles. The number of ether oxygens (including phenoxy) is 2. The number of hydrogen-bond donors (Lipinski definition) is 0. The fourth-order valence-corrected chi connectivity index (χ4v) is 2.39. The van der Waals surface area contributed by atoms with Crippen molar-refractivity contribution in [2.45, 2.75) is 12.8 Å². The van der Waals surface area contributed by atoms with Gasteiger partial charge >= 0.3 is 0 Å². The number of halogens is 1. The molecular weight excluding hydrogens is 260 g/mol. The molecule has 0 saturated heterocycles. The van der Waals surface area contributed by atoms with Crippen molar-refractivity contribution in [3.05, 3.63) is 47.5 Å². The summed E-state index contributed by atoms with van der Waals surface area (Å²) in [5.41, 5.74) is 4.25. The van der Waals surface area contributed by atoms with Crippen molar-refractivity contribution in [2.75, 3.05) is 14.2 Å². The summed E-state index contributed by atoms with van der Waals surface area (Å²) in [6.45, 7) is 1.98. The van der Waals surface area contributed by atoms with Crippen LogP contribution in [-0.4, -0.2) is 14.2 Å². The predicted molar refractivity (Wildman–Crippen MR) is 79.3 cm³/mol. The topological polar surface area (TPSA) is 18.5 Å². The van der Waals surface area contributed by atoms with Crippen LogP contribution < -0.4 is 9.47 Å².